The molecule has 0 amide bonds. The van der Waals surface area contributed by atoms with Crippen molar-refractivity contribution in [3.8, 4) is 5.88 Å². The minimum absolute atomic E-state index is 0.129. The molecule has 2 heterocycles. The number of benzene rings is 1. The SMILES string of the molecule is CCCS(=O)(=O)N(c1cnc2[nH]nc(OCC)c2c1)c1ccc(Cl)cc1F. The smallest absolute Gasteiger partial charge is 0.242 e. The number of H-pyrrole nitrogens is 1. The van der Waals surface area contributed by atoms with Gasteiger partial charge in [0.1, 0.15) is 5.82 Å². The Labute approximate surface area is 161 Å². The van der Waals surface area contributed by atoms with Crippen molar-refractivity contribution in [1.29, 1.82) is 0 Å². The monoisotopic (exact) mass is 412 g/mol. The van der Waals surface area contributed by atoms with Crippen LogP contribution in [0.15, 0.2) is 30.5 Å². The molecule has 0 aliphatic carbocycles. The Morgan fingerprint density at radius 2 is 2.07 bits per heavy atom. The van der Waals surface area contributed by atoms with E-state index in [0.29, 0.717) is 29.9 Å². The summed E-state index contributed by atoms with van der Waals surface area (Å²) in [5.74, 6) is -0.609. The van der Waals surface area contributed by atoms with Crippen molar-refractivity contribution in [2.45, 2.75) is 20.3 Å². The van der Waals surface area contributed by atoms with Gasteiger partial charge in [0.2, 0.25) is 15.9 Å². The van der Waals surface area contributed by atoms with Crippen molar-refractivity contribution in [2.75, 3.05) is 16.7 Å². The van der Waals surface area contributed by atoms with Crippen molar-refractivity contribution in [2.24, 2.45) is 0 Å². The molecular formula is C17H18ClFN4O3S. The number of anilines is 2. The fourth-order valence-electron chi connectivity index (χ4n) is 2.67. The Hall–Kier alpha value is -2.39. The molecule has 7 nitrogen and oxygen atoms in total. The lowest BCUT2D eigenvalue weighted by Crippen LogP contribution is -2.29. The molecule has 3 rings (SSSR count). The van der Waals surface area contributed by atoms with Gasteiger partial charge in [-0.1, -0.05) is 18.5 Å². The van der Waals surface area contributed by atoms with Gasteiger partial charge in [0.05, 0.1) is 35.3 Å². The van der Waals surface area contributed by atoms with Gasteiger partial charge in [-0.3, -0.25) is 5.10 Å². The van der Waals surface area contributed by atoms with Crippen LogP contribution in [-0.2, 0) is 10.0 Å². The fraction of sp³-hybridized carbons (Fsp3) is 0.294. The summed E-state index contributed by atoms with van der Waals surface area (Å²) in [5.41, 5.74) is 0.488. The molecule has 0 radical (unpaired) electrons. The van der Waals surface area contributed by atoms with Crippen molar-refractivity contribution in [3.05, 3.63) is 41.3 Å². The zero-order valence-corrected chi connectivity index (χ0v) is 16.3. The number of aromatic amines is 1. The third-order valence-corrected chi connectivity index (χ3v) is 5.87. The number of pyridine rings is 1. The summed E-state index contributed by atoms with van der Waals surface area (Å²) >= 11 is 5.81. The fourth-order valence-corrected chi connectivity index (χ4v) is 4.40. The Bertz CT molecular complexity index is 1070. The van der Waals surface area contributed by atoms with Gasteiger partial charge in [0.25, 0.3) is 0 Å². The van der Waals surface area contributed by atoms with E-state index in [1.165, 1.54) is 18.3 Å². The number of hydrogen-bond donors (Lipinski definition) is 1. The Kier molecular flexibility index (Phi) is 5.52. The summed E-state index contributed by atoms with van der Waals surface area (Å²) in [5, 5.41) is 7.41. The zero-order chi connectivity index (χ0) is 19.6. The molecule has 2 aromatic heterocycles. The van der Waals surface area contributed by atoms with E-state index in [1.807, 2.05) is 0 Å². The first-order valence-corrected chi connectivity index (χ1v) is 10.3. The zero-order valence-electron chi connectivity index (χ0n) is 14.7. The maximum atomic E-state index is 14.6. The van der Waals surface area contributed by atoms with E-state index in [-0.39, 0.29) is 22.2 Å². The maximum Gasteiger partial charge on any atom is 0.242 e. The van der Waals surface area contributed by atoms with Gasteiger partial charge in [0.15, 0.2) is 5.65 Å². The van der Waals surface area contributed by atoms with Crippen LogP contribution in [0.25, 0.3) is 11.0 Å². The highest BCUT2D eigenvalue weighted by Crippen LogP contribution is 2.35. The van der Waals surface area contributed by atoms with E-state index in [9.17, 15) is 12.8 Å². The summed E-state index contributed by atoms with van der Waals surface area (Å²) < 4.78 is 46.7. The van der Waals surface area contributed by atoms with Gasteiger partial charge in [-0.15, -0.1) is 5.10 Å². The molecule has 0 aliphatic rings. The average molecular weight is 413 g/mol. The number of hydrogen-bond acceptors (Lipinski definition) is 5. The van der Waals surface area contributed by atoms with Crippen LogP contribution in [0.3, 0.4) is 0 Å². The second kappa shape index (κ2) is 7.69. The predicted octanol–water partition coefficient (Wildman–Crippen LogP) is 4.03. The molecule has 0 spiro atoms. The third-order valence-electron chi connectivity index (χ3n) is 3.75. The minimum atomic E-state index is -3.85. The highest BCUT2D eigenvalue weighted by molar-refractivity contribution is 7.93. The number of rotatable bonds is 7. The molecule has 0 atom stereocenters. The first kappa shape index (κ1) is 19.4. The number of fused-ring (bicyclic) bond motifs is 1. The lowest BCUT2D eigenvalue weighted by Gasteiger charge is -2.24. The summed E-state index contributed by atoms with van der Waals surface area (Å²) in [6.45, 7) is 3.92. The molecule has 0 saturated carbocycles. The molecule has 1 N–H and O–H groups in total. The number of aromatic nitrogens is 3. The molecule has 27 heavy (non-hydrogen) atoms. The van der Waals surface area contributed by atoms with Gasteiger partial charge in [-0.25, -0.2) is 22.1 Å². The largest absolute Gasteiger partial charge is 0.476 e. The van der Waals surface area contributed by atoms with Crippen LogP contribution in [0.5, 0.6) is 5.88 Å². The Balaban J connectivity index is 2.21. The van der Waals surface area contributed by atoms with Gasteiger partial charge in [-0.2, -0.15) is 0 Å². The van der Waals surface area contributed by atoms with E-state index >= 15 is 0 Å². The van der Waals surface area contributed by atoms with E-state index in [1.54, 1.807) is 19.9 Å². The molecule has 0 saturated heterocycles. The molecular weight excluding hydrogens is 395 g/mol. The Morgan fingerprint density at radius 1 is 1.30 bits per heavy atom. The van der Waals surface area contributed by atoms with Gasteiger partial charge < -0.3 is 4.74 Å². The van der Waals surface area contributed by atoms with Crippen molar-refractivity contribution in [1.82, 2.24) is 15.2 Å². The van der Waals surface area contributed by atoms with Crippen LogP contribution in [0.1, 0.15) is 20.3 Å². The maximum absolute atomic E-state index is 14.6. The highest BCUT2D eigenvalue weighted by atomic mass is 35.5. The number of nitrogens with zero attached hydrogens (tertiary/aromatic N) is 3. The van der Waals surface area contributed by atoms with E-state index in [4.69, 9.17) is 16.3 Å². The lowest BCUT2D eigenvalue weighted by atomic mass is 10.2. The van der Waals surface area contributed by atoms with Crippen LogP contribution < -0.4 is 9.04 Å². The molecule has 0 bridgehead atoms. The van der Waals surface area contributed by atoms with Crippen LogP contribution in [0.2, 0.25) is 5.02 Å². The first-order chi connectivity index (χ1) is 12.9. The molecule has 10 heteroatoms. The van der Waals surface area contributed by atoms with Crippen molar-refractivity contribution >= 4 is 44.0 Å². The molecule has 1 aromatic carbocycles. The van der Waals surface area contributed by atoms with Gasteiger partial charge in [0, 0.05) is 5.02 Å². The second-order valence-electron chi connectivity index (χ2n) is 5.73. The molecule has 144 valence electrons. The van der Waals surface area contributed by atoms with Crippen LogP contribution in [0.4, 0.5) is 15.8 Å². The number of sulfonamides is 1. The minimum Gasteiger partial charge on any atom is -0.476 e. The number of halogens is 2. The van der Waals surface area contributed by atoms with Crippen LogP contribution in [-0.4, -0.2) is 36.0 Å². The van der Waals surface area contributed by atoms with E-state index in [2.05, 4.69) is 15.2 Å². The van der Waals surface area contributed by atoms with Gasteiger partial charge >= 0.3 is 0 Å². The number of nitrogens with one attached hydrogen (secondary N) is 1. The quantitative estimate of drug-likeness (QED) is 0.633. The van der Waals surface area contributed by atoms with E-state index < -0.39 is 15.8 Å². The third kappa shape index (κ3) is 3.84. The average Bonchev–Trinajstić information content (AvgIpc) is 3.00. The van der Waals surface area contributed by atoms with E-state index in [0.717, 1.165) is 10.4 Å². The molecule has 3 aromatic rings. The van der Waals surface area contributed by atoms with Crippen molar-refractivity contribution in [3.63, 3.8) is 0 Å². The molecule has 0 unspecified atom stereocenters. The molecule has 0 aliphatic heterocycles. The summed E-state index contributed by atoms with van der Waals surface area (Å²) in [4.78, 5) is 4.20. The first-order valence-electron chi connectivity index (χ1n) is 8.32. The second-order valence-corrected chi connectivity index (χ2v) is 8.10. The summed E-state index contributed by atoms with van der Waals surface area (Å²) in [6, 6.07) is 5.39. The predicted molar refractivity (Wildman–Crippen MR) is 103 cm³/mol. The summed E-state index contributed by atoms with van der Waals surface area (Å²) in [6.07, 6.45) is 1.72. The standard InChI is InChI=1S/C17H18ClFN4O3S/c1-3-7-27(24,25)23(15-6-5-11(18)8-14(15)19)12-9-13-16(20-10-12)21-22-17(13)26-4-2/h5-6,8-10H,3-4,7H2,1-2H3,(H,20,21,22). The van der Waals surface area contributed by atoms with Crippen LogP contribution in [0, 0.1) is 5.82 Å². The lowest BCUT2D eigenvalue weighted by molar-refractivity contribution is 0.330. The normalized spacial score (nSPS) is 11.7. The Morgan fingerprint density at radius 3 is 2.74 bits per heavy atom. The number of ether oxygens (including phenoxy) is 1. The van der Waals surface area contributed by atoms with Gasteiger partial charge in [-0.05, 0) is 37.6 Å². The topological polar surface area (TPSA) is 88.2 Å². The molecule has 0 fully saturated rings. The van der Waals surface area contributed by atoms with Crippen LogP contribution >= 0.6 is 11.6 Å². The van der Waals surface area contributed by atoms with Crippen molar-refractivity contribution < 1.29 is 17.5 Å². The summed E-state index contributed by atoms with van der Waals surface area (Å²) in [7, 11) is -3.85. The highest BCUT2D eigenvalue weighted by Gasteiger charge is 2.27.